The molecule has 0 spiro atoms. The molecule has 1 aromatic heterocycles. The van der Waals surface area contributed by atoms with Crippen molar-refractivity contribution in [2.24, 2.45) is 0 Å². The molecule has 3 N–H and O–H groups in total. The molecule has 2 rings (SSSR count). The second-order valence-corrected chi connectivity index (χ2v) is 7.20. The van der Waals surface area contributed by atoms with Crippen LogP contribution in [0.2, 0.25) is 0 Å². The Hall–Kier alpha value is -2.81. The lowest BCUT2D eigenvalue weighted by molar-refractivity contribution is -0.122. The van der Waals surface area contributed by atoms with Crippen molar-refractivity contribution in [3.05, 3.63) is 54.0 Å². The van der Waals surface area contributed by atoms with E-state index in [1.165, 1.54) is 18.6 Å². The van der Waals surface area contributed by atoms with Gasteiger partial charge < -0.3 is 15.1 Å². The number of amides is 2. The minimum absolute atomic E-state index is 0.115. The topological polar surface area (TPSA) is 118 Å². The van der Waals surface area contributed by atoms with Crippen LogP contribution in [0, 0.1) is 0 Å². The van der Waals surface area contributed by atoms with Gasteiger partial charge in [-0.2, -0.15) is 0 Å². The Balaban J connectivity index is 1.94. The summed E-state index contributed by atoms with van der Waals surface area (Å²) in [5, 5.41) is 5.21. The van der Waals surface area contributed by atoms with Crippen LogP contribution in [0.15, 0.2) is 47.3 Å². The molecule has 8 nitrogen and oxygen atoms in total. The van der Waals surface area contributed by atoms with Gasteiger partial charge in [0.05, 0.1) is 23.8 Å². The van der Waals surface area contributed by atoms with Gasteiger partial charge in [-0.15, -0.1) is 0 Å². The van der Waals surface area contributed by atoms with Crippen molar-refractivity contribution in [1.82, 2.24) is 10.6 Å². The van der Waals surface area contributed by atoms with E-state index in [0.717, 1.165) is 6.26 Å². The minimum atomic E-state index is -3.42. The van der Waals surface area contributed by atoms with Crippen LogP contribution in [-0.2, 0) is 21.4 Å². The van der Waals surface area contributed by atoms with Crippen LogP contribution in [0.25, 0.3) is 0 Å². The number of hydrogen-bond acceptors (Lipinski definition) is 5. The second-order valence-electron chi connectivity index (χ2n) is 5.46. The Morgan fingerprint density at radius 2 is 1.92 bits per heavy atom. The molecule has 1 aromatic carbocycles. The van der Waals surface area contributed by atoms with Crippen LogP contribution in [0.1, 0.15) is 22.8 Å². The summed E-state index contributed by atoms with van der Waals surface area (Å²) in [6.07, 6.45) is 3.70. The molecule has 0 aliphatic heterocycles. The zero-order valence-electron chi connectivity index (χ0n) is 13.8. The summed E-state index contributed by atoms with van der Waals surface area (Å²) in [5.74, 6) is -0.818. The Morgan fingerprint density at radius 1 is 1.20 bits per heavy atom. The normalized spacial score (nSPS) is 12.2. The maximum Gasteiger partial charge on any atom is 0.255 e. The monoisotopic (exact) mass is 365 g/mol. The molecular weight excluding hydrogens is 346 g/mol. The van der Waals surface area contributed by atoms with Gasteiger partial charge in [0.15, 0.2) is 0 Å². The third kappa shape index (κ3) is 5.64. The first-order chi connectivity index (χ1) is 11.8. The molecule has 1 atom stereocenters. The fourth-order valence-electron chi connectivity index (χ4n) is 2.05. The van der Waals surface area contributed by atoms with Gasteiger partial charge >= 0.3 is 0 Å². The number of para-hydroxylation sites is 1. The highest BCUT2D eigenvalue weighted by atomic mass is 32.2. The van der Waals surface area contributed by atoms with E-state index in [2.05, 4.69) is 15.4 Å². The predicted octanol–water partition coefficient (Wildman–Crippen LogP) is 1.09. The van der Waals surface area contributed by atoms with Crippen molar-refractivity contribution < 1.29 is 22.4 Å². The number of sulfonamides is 1. The van der Waals surface area contributed by atoms with Crippen molar-refractivity contribution in [3.8, 4) is 0 Å². The maximum absolute atomic E-state index is 12.1. The summed E-state index contributed by atoms with van der Waals surface area (Å²) in [7, 11) is -3.42. The molecule has 0 unspecified atom stereocenters. The average molecular weight is 365 g/mol. The quantitative estimate of drug-likeness (QED) is 0.679. The van der Waals surface area contributed by atoms with Gasteiger partial charge in [0, 0.05) is 6.54 Å². The van der Waals surface area contributed by atoms with Gasteiger partial charge in [-0.3, -0.25) is 14.3 Å². The van der Waals surface area contributed by atoms with E-state index in [0.29, 0.717) is 16.8 Å². The first kappa shape index (κ1) is 18.5. The molecular formula is C16H19N3O5S. The zero-order valence-corrected chi connectivity index (χ0v) is 14.6. The molecule has 0 aliphatic carbocycles. The lowest BCUT2D eigenvalue weighted by atomic mass is 10.2. The van der Waals surface area contributed by atoms with Gasteiger partial charge in [-0.25, -0.2) is 8.42 Å². The summed E-state index contributed by atoms with van der Waals surface area (Å²) in [5.41, 5.74) is 1.32. The fourth-order valence-corrected chi connectivity index (χ4v) is 2.65. The van der Waals surface area contributed by atoms with E-state index in [1.807, 2.05) is 0 Å². The number of hydrogen-bond donors (Lipinski definition) is 3. The average Bonchev–Trinajstić information content (AvgIpc) is 3.06. The molecule has 0 saturated heterocycles. The molecule has 0 radical (unpaired) electrons. The second kappa shape index (κ2) is 7.84. The van der Waals surface area contributed by atoms with Crippen LogP contribution in [-0.4, -0.2) is 32.5 Å². The van der Waals surface area contributed by atoms with Gasteiger partial charge in [-0.05, 0) is 24.6 Å². The van der Waals surface area contributed by atoms with E-state index in [-0.39, 0.29) is 6.54 Å². The molecule has 0 aliphatic rings. The van der Waals surface area contributed by atoms with Crippen LogP contribution in [0.4, 0.5) is 5.69 Å². The zero-order chi connectivity index (χ0) is 18.4. The van der Waals surface area contributed by atoms with Crippen LogP contribution < -0.4 is 15.4 Å². The Bertz CT molecular complexity index is 846. The van der Waals surface area contributed by atoms with E-state index < -0.39 is 27.9 Å². The van der Waals surface area contributed by atoms with Gasteiger partial charge in [0.1, 0.15) is 12.3 Å². The molecule has 0 fully saturated rings. The summed E-state index contributed by atoms with van der Waals surface area (Å²) < 4.78 is 30.0. The van der Waals surface area contributed by atoms with Crippen LogP contribution in [0.5, 0.6) is 0 Å². The van der Waals surface area contributed by atoms with Crippen molar-refractivity contribution in [2.45, 2.75) is 19.5 Å². The number of rotatable bonds is 7. The number of furan rings is 1. The molecule has 25 heavy (non-hydrogen) atoms. The number of anilines is 1. The third-order valence-corrected chi connectivity index (χ3v) is 3.88. The fraction of sp³-hybridized carbons (Fsp3) is 0.250. The van der Waals surface area contributed by atoms with Gasteiger partial charge in [0.25, 0.3) is 5.91 Å². The smallest absolute Gasteiger partial charge is 0.255 e. The first-order valence-electron chi connectivity index (χ1n) is 7.43. The molecule has 0 bridgehead atoms. The predicted molar refractivity (Wildman–Crippen MR) is 92.4 cm³/mol. The van der Waals surface area contributed by atoms with E-state index >= 15 is 0 Å². The highest BCUT2D eigenvalue weighted by Crippen LogP contribution is 2.16. The van der Waals surface area contributed by atoms with Gasteiger partial charge in [-0.1, -0.05) is 18.2 Å². The summed E-state index contributed by atoms with van der Waals surface area (Å²) >= 11 is 0. The van der Waals surface area contributed by atoms with Crippen molar-refractivity contribution in [1.29, 1.82) is 0 Å². The molecule has 134 valence electrons. The molecule has 2 aromatic rings. The lowest BCUT2D eigenvalue weighted by Gasteiger charge is -2.15. The molecule has 2 amide bonds. The number of nitrogens with one attached hydrogen (secondary N) is 3. The Morgan fingerprint density at radius 3 is 2.56 bits per heavy atom. The number of carbonyl (C=O) groups is 2. The lowest BCUT2D eigenvalue weighted by Crippen LogP contribution is -2.44. The van der Waals surface area contributed by atoms with E-state index in [4.69, 9.17) is 4.42 Å². The van der Waals surface area contributed by atoms with Crippen LogP contribution in [0.3, 0.4) is 0 Å². The number of carbonyl (C=O) groups excluding carboxylic acids is 2. The summed E-state index contributed by atoms with van der Waals surface area (Å²) in [6.45, 7) is 1.66. The van der Waals surface area contributed by atoms with E-state index in [1.54, 1.807) is 31.2 Å². The summed E-state index contributed by atoms with van der Waals surface area (Å²) in [6, 6.07) is 7.45. The number of benzene rings is 1. The summed E-state index contributed by atoms with van der Waals surface area (Å²) in [4.78, 5) is 24.0. The van der Waals surface area contributed by atoms with Crippen molar-refractivity contribution >= 4 is 27.5 Å². The minimum Gasteiger partial charge on any atom is -0.472 e. The standard InChI is InChI=1S/C16H19N3O5S/c1-11(18-16(21)13-7-8-24-10-13)15(20)17-9-12-5-3-4-6-14(12)19-25(2,22)23/h3-8,10-11,19H,9H2,1-2H3,(H,17,20)(H,18,21)/t11-/m0/s1. The van der Waals surface area contributed by atoms with Crippen molar-refractivity contribution in [2.75, 3.05) is 11.0 Å². The third-order valence-electron chi connectivity index (χ3n) is 3.29. The molecule has 9 heteroatoms. The molecule has 1 heterocycles. The molecule has 0 saturated carbocycles. The maximum atomic E-state index is 12.1. The van der Waals surface area contributed by atoms with Gasteiger partial charge in [0.2, 0.25) is 15.9 Å². The van der Waals surface area contributed by atoms with E-state index in [9.17, 15) is 18.0 Å². The Labute approximate surface area is 145 Å². The Kier molecular flexibility index (Phi) is 5.81. The highest BCUT2D eigenvalue weighted by molar-refractivity contribution is 7.92. The largest absolute Gasteiger partial charge is 0.472 e. The first-order valence-corrected chi connectivity index (χ1v) is 9.32. The SMILES string of the molecule is C[C@H](NC(=O)c1ccoc1)C(=O)NCc1ccccc1NS(C)(=O)=O. The van der Waals surface area contributed by atoms with Crippen LogP contribution >= 0.6 is 0 Å². The van der Waals surface area contributed by atoms with Crippen molar-refractivity contribution in [3.63, 3.8) is 0 Å². The highest BCUT2D eigenvalue weighted by Gasteiger charge is 2.17.